The van der Waals surface area contributed by atoms with E-state index < -0.39 is 5.60 Å². The van der Waals surface area contributed by atoms with Crippen molar-refractivity contribution < 1.29 is 14.3 Å². The molecule has 2 aromatic rings. The third-order valence-electron chi connectivity index (χ3n) is 5.99. The molecule has 1 amide bonds. The number of nitrogens with one attached hydrogen (secondary N) is 3. The van der Waals surface area contributed by atoms with Crippen LogP contribution in [-0.2, 0) is 11.3 Å². The first-order chi connectivity index (χ1) is 16.5. The second-order valence-electron chi connectivity index (χ2n) is 10.2. The zero-order valence-corrected chi connectivity index (χ0v) is 21.3. The summed E-state index contributed by atoms with van der Waals surface area (Å²) in [5, 5.41) is 14.1. The van der Waals surface area contributed by atoms with Crippen molar-refractivity contribution in [3.05, 3.63) is 41.7 Å². The third kappa shape index (κ3) is 7.46. The fraction of sp³-hybridized carbons (Fsp3) is 0.520. The minimum absolute atomic E-state index is 0.0321. The molecule has 1 fully saturated rings. The predicted octanol–water partition coefficient (Wildman–Crippen LogP) is 3.51. The second kappa shape index (κ2) is 10.8. The number of rotatable bonds is 8. The summed E-state index contributed by atoms with van der Waals surface area (Å²) in [6.07, 6.45) is 3.04. The Bertz CT molecular complexity index is 1030. The molecule has 0 aliphatic carbocycles. The Hall–Kier alpha value is -3.56. The van der Waals surface area contributed by atoms with Crippen LogP contribution in [0.5, 0.6) is 5.75 Å². The number of alkyl carbamates (subject to hydrolysis) is 1. The van der Waals surface area contributed by atoms with Gasteiger partial charge in [0, 0.05) is 26.2 Å². The summed E-state index contributed by atoms with van der Waals surface area (Å²) in [4.78, 5) is 23.4. The van der Waals surface area contributed by atoms with Crippen LogP contribution in [-0.4, -0.2) is 54.2 Å². The van der Waals surface area contributed by atoms with Crippen LogP contribution in [0.15, 0.2) is 30.5 Å². The first-order valence-electron chi connectivity index (χ1n) is 11.8. The molecular weight excluding hydrogens is 446 g/mol. The van der Waals surface area contributed by atoms with E-state index in [1.54, 1.807) is 13.3 Å². The van der Waals surface area contributed by atoms with Crippen LogP contribution in [0.25, 0.3) is 0 Å². The number of carbonyl (C=O) groups excluding carboxylic acids is 1. The van der Waals surface area contributed by atoms with Crippen LogP contribution in [0.2, 0.25) is 0 Å². The Morgan fingerprint density at radius 1 is 1.23 bits per heavy atom. The van der Waals surface area contributed by atoms with Gasteiger partial charge in [0.15, 0.2) is 5.82 Å². The molecule has 10 nitrogen and oxygen atoms in total. The maximum absolute atomic E-state index is 12.0. The summed E-state index contributed by atoms with van der Waals surface area (Å²) >= 11 is 0. The van der Waals surface area contributed by atoms with E-state index >= 15 is 0 Å². The molecule has 190 valence electrons. The molecule has 0 spiro atoms. The number of hydrogen-bond donors (Lipinski definition) is 4. The van der Waals surface area contributed by atoms with Crippen LogP contribution in [0.1, 0.15) is 51.8 Å². The smallest absolute Gasteiger partial charge is 0.407 e. The number of anilines is 2. The molecule has 5 N–H and O–H groups in total. The number of amidine groups is 1. The number of piperidine rings is 1. The number of hydrogen-bond acceptors (Lipinski definition) is 8. The van der Waals surface area contributed by atoms with E-state index in [4.69, 9.17) is 25.6 Å². The second-order valence-corrected chi connectivity index (χ2v) is 10.2. The highest BCUT2D eigenvalue weighted by atomic mass is 16.6. The third-order valence-corrected chi connectivity index (χ3v) is 5.99. The topological polar surface area (TPSA) is 138 Å². The van der Waals surface area contributed by atoms with Crippen molar-refractivity contribution >= 4 is 23.6 Å². The maximum Gasteiger partial charge on any atom is 0.407 e. The zero-order chi connectivity index (χ0) is 25.6. The highest BCUT2D eigenvalue weighted by Gasteiger charge is 2.32. The molecule has 1 saturated heterocycles. The van der Waals surface area contributed by atoms with Crippen molar-refractivity contribution in [2.45, 2.75) is 52.7 Å². The van der Waals surface area contributed by atoms with E-state index in [0.29, 0.717) is 24.6 Å². The molecule has 0 atom stereocenters. The van der Waals surface area contributed by atoms with Gasteiger partial charge in [-0.1, -0.05) is 19.1 Å². The standard InChI is InChI=1S/C25H37N7O3/c1-24(2,3)35-23(33)30-16-25(4)10-12-32(13-11-25)19-15-28-20(21(26)27)22(31-19)29-14-17-6-8-18(34-5)9-7-17/h6-9,15H,10-14,16H2,1-5H3,(H3,26,27)(H,29,31)(H,30,33). The molecule has 10 heteroatoms. The number of ether oxygens (including phenoxy) is 2. The van der Waals surface area contributed by atoms with Crippen LogP contribution < -0.4 is 26.0 Å². The molecule has 1 aromatic heterocycles. The molecule has 1 aliphatic heterocycles. The summed E-state index contributed by atoms with van der Waals surface area (Å²) in [6.45, 7) is 10.4. The van der Waals surface area contributed by atoms with E-state index in [9.17, 15) is 4.79 Å². The van der Waals surface area contributed by atoms with Crippen molar-refractivity contribution in [1.29, 1.82) is 5.41 Å². The van der Waals surface area contributed by atoms with E-state index in [1.807, 2.05) is 45.0 Å². The Morgan fingerprint density at radius 2 is 1.89 bits per heavy atom. The lowest BCUT2D eigenvalue weighted by molar-refractivity contribution is 0.0495. The normalized spacial score (nSPS) is 15.3. The van der Waals surface area contributed by atoms with Gasteiger partial charge < -0.3 is 30.7 Å². The van der Waals surface area contributed by atoms with Crippen molar-refractivity contribution in [1.82, 2.24) is 15.3 Å². The molecule has 0 bridgehead atoms. The zero-order valence-electron chi connectivity index (χ0n) is 21.3. The summed E-state index contributed by atoms with van der Waals surface area (Å²) in [5.41, 5.74) is 6.56. The average Bonchev–Trinajstić information content (AvgIpc) is 2.81. The van der Waals surface area contributed by atoms with Gasteiger partial charge >= 0.3 is 6.09 Å². The fourth-order valence-corrected chi connectivity index (χ4v) is 3.83. The van der Waals surface area contributed by atoms with Crippen molar-refractivity contribution in [2.75, 3.05) is 37.0 Å². The number of benzene rings is 1. The van der Waals surface area contributed by atoms with Gasteiger partial charge in [0.1, 0.15) is 28.7 Å². The number of methoxy groups -OCH3 is 1. The number of amides is 1. The molecule has 3 rings (SSSR count). The van der Waals surface area contributed by atoms with Crippen LogP contribution in [0.4, 0.5) is 16.4 Å². The van der Waals surface area contributed by atoms with Gasteiger partial charge in [-0.3, -0.25) is 5.41 Å². The Kier molecular flexibility index (Phi) is 8.03. The van der Waals surface area contributed by atoms with Gasteiger partial charge in [-0.15, -0.1) is 0 Å². The lowest BCUT2D eigenvalue weighted by atomic mass is 9.80. The minimum Gasteiger partial charge on any atom is -0.497 e. The fourth-order valence-electron chi connectivity index (χ4n) is 3.83. The molecular formula is C25H37N7O3. The monoisotopic (exact) mass is 483 g/mol. The quantitative estimate of drug-likeness (QED) is 0.330. The Balaban J connectivity index is 1.62. The molecule has 0 unspecified atom stereocenters. The number of carbonyl (C=O) groups is 1. The van der Waals surface area contributed by atoms with Gasteiger partial charge in [-0.2, -0.15) is 0 Å². The number of nitrogens with two attached hydrogens (primary N) is 1. The van der Waals surface area contributed by atoms with Gasteiger partial charge in [-0.25, -0.2) is 14.8 Å². The first-order valence-corrected chi connectivity index (χ1v) is 11.8. The van der Waals surface area contributed by atoms with Gasteiger partial charge in [0.2, 0.25) is 0 Å². The number of aromatic nitrogens is 2. The largest absolute Gasteiger partial charge is 0.497 e. The molecule has 35 heavy (non-hydrogen) atoms. The van der Waals surface area contributed by atoms with Gasteiger partial charge in [-0.05, 0) is 56.7 Å². The lowest BCUT2D eigenvalue weighted by Gasteiger charge is -2.40. The lowest BCUT2D eigenvalue weighted by Crippen LogP contribution is -2.46. The average molecular weight is 484 g/mol. The predicted molar refractivity (Wildman–Crippen MR) is 137 cm³/mol. The number of nitrogens with zero attached hydrogens (tertiary/aromatic N) is 3. The van der Waals surface area contributed by atoms with Crippen LogP contribution >= 0.6 is 0 Å². The number of nitrogen functional groups attached to an aromatic ring is 1. The van der Waals surface area contributed by atoms with Crippen molar-refractivity contribution in [3.8, 4) is 5.75 Å². The molecule has 1 aromatic carbocycles. The summed E-state index contributed by atoms with van der Waals surface area (Å²) < 4.78 is 10.6. The highest BCUT2D eigenvalue weighted by Crippen LogP contribution is 2.32. The summed E-state index contributed by atoms with van der Waals surface area (Å²) in [5.74, 6) is 1.86. The Labute approximate surface area is 207 Å². The molecule has 2 heterocycles. The minimum atomic E-state index is -0.516. The van der Waals surface area contributed by atoms with Crippen LogP contribution in [0, 0.1) is 10.8 Å². The van der Waals surface area contributed by atoms with Crippen LogP contribution in [0.3, 0.4) is 0 Å². The summed E-state index contributed by atoms with van der Waals surface area (Å²) in [6, 6.07) is 7.72. The van der Waals surface area contributed by atoms with E-state index in [1.165, 1.54) is 0 Å². The van der Waals surface area contributed by atoms with Gasteiger partial charge in [0.25, 0.3) is 0 Å². The summed E-state index contributed by atoms with van der Waals surface area (Å²) in [7, 11) is 1.63. The Morgan fingerprint density at radius 3 is 2.46 bits per heavy atom. The molecule has 0 radical (unpaired) electrons. The van der Waals surface area contributed by atoms with Crippen molar-refractivity contribution in [2.24, 2.45) is 11.1 Å². The highest BCUT2D eigenvalue weighted by molar-refractivity contribution is 5.97. The molecule has 1 aliphatic rings. The van der Waals surface area contributed by atoms with Gasteiger partial charge in [0.05, 0.1) is 13.3 Å². The van der Waals surface area contributed by atoms with E-state index in [2.05, 4.69) is 27.4 Å². The maximum atomic E-state index is 12.0. The molecule has 0 saturated carbocycles. The van der Waals surface area contributed by atoms with E-state index in [0.717, 1.165) is 43.1 Å². The van der Waals surface area contributed by atoms with E-state index in [-0.39, 0.29) is 17.3 Å². The first kappa shape index (κ1) is 26.1. The SMILES string of the molecule is COc1ccc(CNc2nc(N3CCC(C)(CNC(=O)OC(C)(C)C)CC3)cnc2C(=N)N)cc1. The van der Waals surface area contributed by atoms with Crippen molar-refractivity contribution in [3.63, 3.8) is 0 Å².